The van der Waals surface area contributed by atoms with Gasteiger partial charge in [0.25, 0.3) is 0 Å². The largest absolute Gasteiger partial charge is 0.394 e. The summed E-state index contributed by atoms with van der Waals surface area (Å²) in [6.45, 7) is 13.3. The molecule has 0 aromatic heterocycles. The van der Waals surface area contributed by atoms with Crippen molar-refractivity contribution in [2.45, 2.75) is 0 Å². The third-order valence-corrected chi connectivity index (χ3v) is 4.82. The van der Waals surface area contributed by atoms with Crippen molar-refractivity contribution < 1.29 is 61.9 Å². The summed E-state index contributed by atoms with van der Waals surface area (Å²) >= 11 is 0. The van der Waals surface area contributed by atoms with Crippen molar-refractivity contribution in [3.63, 3.8) is 0 Å². The van der Waals surface area contributed by atoms with E-state index in [1.54, 1.807) is 0 Å². The molecule has 0 aliphatic heterocycles. The molecular formula is C27H57NO13. The molecule has 0 saturated heterocycles. The van der Waals surface area contributed by atoms with Crippen LogP contribution in [0.15, 0.2) is 0 Å². The number of ether oxygens (including phenoxy) is 12. The average Bonchev–Trinajstić information content (AvgIpc) is 2.98. The van der Waals surface area contributed by atoms with E-state index in [-0.39, 0.29) is 6.61 Å². The minimum absolute atomic E-state index is 0.0263. The topological polar surface area (TPSA) is 143 Å². The van der Waals surface area contributed by atoms with E-state index in [0.29, 0.717) is 159 Å². The van der Waals surface area contributed by atoms with Crippen LogP contribution in [0.4, 0.5) is 0 Å². The van der Waals surface area contributed by atoms with Crippen LogP contribution in [0, 0.1) is 0 Å². The minimum Gasteiger partial charge on any atom is -0.394 e. The van der Waals surface area contributed by atoms with Gasteiger partial charge in [-0.15, -0.1) is 0 Å². The summed E-state index contributed by atoms with van der Waals surface area (Å²) in [6, 6.07) is 0. The lowest BCUT2D eigenvalue weighted by molar-refractivity contribution is -0.0285. The summed E-state index contributed by atoms with van der Waals surface area (Å²) in [5.41, 5.74) is 0. The summed E-state index contributed by atoms with van der Waals surface area (Å²) in [6.07, 6.45) is 0. The maximum absolute atomic E-state index is 8.57. The Morgan fingerprint density at radius 3 is 0.634 bits per heavy atom. The van der Waals surface area contributed by atoms with Gasteiger partial charge in [-0.05, 0) is 7.05 Å². The van der Waals surface area contributed by atoms with Gasteiger partial charge in [0, 0.05) is 6.54 Å². The number of hydrogen-bond acceptors (Lipinski definition) is 14. The fourth-order valence-corrected chi connectivity index (χ4v) is 2.76. The molecule has 0 heterocycles. The quantitative estimate of drug-likeness (QED) is 0.0867. The van der Waals surface area contributed by atoms with Gasteiger partial charge in [0.2, 0.25) is 0 Å². The molecule has 0 fully saturated rings. The van der Waals surface area contributed by atoms with Gasteiger partial charge in [0.1, 0.15) is 0 Å². The van der Waals surface area contributed by atoms with Crippen LogP contribution in [0.1, 0.15) is 0 Å². The molecule has 0 spiro atoms. The highest BCUT2D eigenvalue weighted by molar-refractivity contribution is 4.40. The van der Waals surface area contributed by atoms with Crippen molar-refractivity contribution in [1.82, 2.24) is 5.32 Å². The Kier molecular flexibility index (Phi) is 38.9. The fourth-order valence-electron chi connectivity index (χ4n) is 2.76. The van der Waals surface area contributed by atoms with Crippen LogP contribution in [-0.2, 0) is 56.8 Å². The molecule has 2 N–H and O–H groups in total. The number of nitrogens with one attached hydrogen (secondary N) is 1. The minimum atomic E-state index is 0.0263. The lowest BCUT2D eigenvalue weighted by Crippen LogP contribution is -2.17. The van der Waals surface area contributed by atoms with Gasteiger partial charge in [-0.1, -0.05) is 0 Å². The van der Waals surface area contributed by atoms with E-state index < -0.39 is 0 Å². The highest BCUT2D eigenvalue weighted by Gasteiger charge is 1.96. The van der Waals surface area contributed by atoms with Crippen molar-refractivity contribution >= 4 is 0 Å². The highest BCUT2D eigenvalue weighted by atomic mass is 16.6. The van der Waals surface area contributed by atoms with Crippen molar-refractivity contribution in [1.29, 1.82) is 0 Å². The smallest absolute Gasteiger partial charge is 0.0701 e. The van der Waals surface area contributed by atoms with Gasteiger partial charge >= 0.3 is 0 Å². The van der Waals surface area contributed by atoms with Crippen LogP contribution in [0.5, 0.6) is 0 Å². The Labute approximate surface area is 246 Å². The molecule has 0 amide bonds. The molecule has 0 atom stereocenters. The predicted octanol–water partition coefficient (Wildman–Crippen LogP) is -0.603. The van der Waals surface area contributed by atoms with Crippen LogP contribution in [0.2, 0.25) is 0 Å². The van der Waals surface area contributed by atoms with E-state index in [0.717, 1.165) is 6.54 Å². The third kappa shape index (κ3) is 39.4. The first-order valence-electron chi connectivity index (χ1n) is 14.6. The molecule has 0 aromatic carbocycles. The molecule has 0 bridgehead atoms. The molecule has 14 nitrogen and oxygen atoms in total. The van der Waals surface area contributed by atoms with Gasteiger partial charge in [0.05, 0.1) is 165 Å². The van der Waals surface area contributed by atoms with Crippen LogP contribution in [0.3, 0.4) is 0 Å². The molecular weight excluding hydrogens is 546 g/mol. The molecule has 14 heteroatoms. The molecule has 0 unspecified atom stereocenters. The first kappa shape index (κ1) is 40.4. The maximum Gasteiger partial charge on any atom is 0.0701 e. The van der Waals surface area contributed by atoms with Crippen LogP contribution >= 0.6 is 0 Å². The van der Waals surface area contributed by atoms with Crippen LogP contribution < -0.4 is 5.32 Å². The normalized spacial score (nSPS) is 11.6. The molecule has 0 aliphatic carbocycles. The van der Waals surface area contributed by atoms with E-state index in [2.05, 4.69) is 5.32 Å². The summed E-state index contributed by atoms with van der Waals surface area (Å²) in [4.78, 5) is 0. The second-order valence-corrected chi connectivity index (χ2v) is 8.18. The molecule has 0 saturated carbocycles. The van der Waals surface area contributed by atoms with E-state index in [9.17, 15) is 0 Å². The fraction of sp³-hybridized carbons (Fsp3) is 1.00. The zero-order valence-corrected chi connectivity index (χ0v) is 25.2. The Hall–Kier alpha value is -0.560. The number of aliphatic hydroxyl groups excluding tert-OH is 1. The number of rotatable bonds is 38. The van der Waals surface area contributed by atoms with Crippen molar-refractivity contribution in [3.05, 3.63) is 0 Å². The summed E-state index contributed by atoms with van der Waals surface area (Å²) in [7, 11) is 1.89. The number of likely N-dealkylation sites (N-methyl/N-ethyl adjacent to an activating group) is 1. The van der Waals surface area contributed by atoms with Gasteiger partial charge < -0.3 is 67.3 Å². The van der Waals surface area contributed by atoms with E-state index in [4.69, 9.17) is 61.9 Å². The van der Waals surface area contributed by atoms with E-state index in [1.807, 2.05) is 7.05 Å². The van der Waals surface area contributed by atoms with Crippen LogP contribution in [-0.4, -0.2) is 184 Å². The summed E-state index contributed by atoms with van der Waals surface area (Å²) in [5, 5.41) is 11.6. The maximum atomic E-state index is 8.57. The molecule has 0 rings (SSSR count). The lowest BCUT2D eigenvalue weighted by Gasteiger charge is -2.09. The SMILES string of the molecule is CNCCOCCOCCOCCOCCOCCOCCOCCOCCOCCOCCOCCOCCO. The molecule has 0 aliphatic rings. The Morgan fingerprint density at radius 2 is 0.463 bits per heavy atom. The van der Waals surface area contributed by atoms with E-state index >= 15 is 0 Å². The summed E-state index contributed by atoms with van der Waals surface area (Å²) in [5.74, 6) is 0. The zero-order valence-electron chi connectivity index (χ0n) is 25.2. The Bertz CT molecular complexity index is 417. The lowest BCUT2D eigenvalue weighted by atomic mass is 10.6. The number of aliphatic hydroxyl groups is 1. The summed E-state index contributed by atoms with van der Waals surface area (Å²) < 4.78 is 64.7. The van der Waals surface area contributed by atoms with Gasteiger partial charge in [0.15, 0.2) is 0 Å². The molecule has 0 aromatic rings. The third-order valence-electron chi connectivity index (χ3n) is 4.82. The van der Waals surface area contributed by atoms with Crippen molar-refractivity contribution in [2.75, 3.05) is 179 Å². The van der Waals surface area contributed by atoms with Crippen molar-refractivity contribution in [2.24, 2.45) is 0 Å². The van der Waals surface area contributed by atoms with Crippen LogP contribution in [0.25, 0.3) is 0 Å². The first-order valence-corrected chi connectivity index (χ1v) is 14.6. The number of hydrogen-bond donors (Lipinski definition) is 2. The van der Waals surface area contributed by atoms with Crippen molar-refractivity contribution in [3.8, 4) is 0 Å². The molecule has 41 heavy (non-hydrogen) atoms. The van der Waals surface area contributed by atoms with Gasteiger partial charge in [-0.2, -0.15) is 0 Å². The average molecular weight is 604 g/mol. The first-order chi connectivity index (χ1) is 20.4. The van der Waals surface area contributed by atoms with Gasteiger partial charge in [-0.3, -0.25) is 0 Å². The molecule has 248 valence electrons. The monoisotopic (exact) mass is 603 g/mol. The van der Waals surface area contributed by atoms with Gasteiger partial charge in [-0.25, -0.2) is 0 Å². The standard InChI is InChI=1S/C27H57NO13/c1-28-2-4-30-6-8-32-10-12-34-14-16-36-18-20-38-22-24-40-26-27-41-25-23-39-21-19-37-17-15-35-13-11-33-9-7-31-5-3-29/h28-29H,2-27H2,1H3. The zero-order chi connectivity index (χ0) is 29.6. The molecule has 0 radical (unpaired) electrons. The highest BCUT2D eigenvalue weighted by Crippen LogP contribution is 1.87. The second-order valence-electron chi connectivity index (χ2n) is 8.18. The Balaban J connectivity index is 3.02. The second kappa shape index (κ2) is 39.4. The Morgan fingerprint density at radius 1 is 0.293 bits per heavy atom. The van der Waals surface area contributed by atoms with E-state index in [1.165, 1.54) is 0 Å². The predicted molar refractivity (Wildman–Crippen MR) is 151 cm³/mol.